The molecule has 2 aromatic heterocycles. The molecule has 0 aliphatic heterocycles. The van der Waals surface area contributed by atoms with Gasteiger partial charge in [0.05, 0.1) is 6.20 Å². The van der Waals surface area contributed by atoms with Crippen LogP contribution in [0.25, 0.3) is 11.1 Å². The molecule has 2 rings (SSSR count). The van der Waals surface area contributed by atoms with Gasteiger partial charge in [-0.15, -0.1) is 0 Å². The van der Waals surface area contributed by atoms with Crippen LogP contribution in [0.5, 0.6) is 0 Å². The number of aryl methyl sites for hydroxylation is 1. The van der Waals surface area contributed by atoms with E-state index in [0.717, 1.165) is 13.0 Å². The third-order valence-electron chi connectivity index (χ3n) is 2.08. The summed E-state index contributed by atoms with van der Waals surface area (Å²) in [5, 5.41) is 8.48. The van der Waals surface area contributed by atoms with E-state index in [1.54, 1.807) is 11.3 Å². The summed E-state index contributed by atoms with van der Waals surface area (Å²) in [5.74, 6) is 0. The van der Waals surface area contributed by atoms with Gasteiger partial charge in [-0.1, -0.05) is 0 Å². The zero-order chi connectivity index (χ0) is 9.80. The van der Waals surface area contributed by atoms with Crippen molar-refractivity contribution in [1.82, 2.24) is 9.78 Å². The number of nitrogens with two attached hydrogens (primary N) is 1. The van der Waals surface area contributed by atoms with Crippen LogP contribution in [0.15, 0.2) is 29.2 Å². The zero-order valence-electron chi connectivity index (χ0n) is 7.89. The normalized spacial score (nSPS) is 10.6. The molecule has 3 nitrogen and oxygen atoms in total. The molecule has 0 amide bonds. The Morgan fingerprint density at radius 3 is 3.07 bits per heavy atom. The van der Waals surface area contributed by atoms with Crippen molar-refractivity contribution in [3.63, 3.8) is 0 Å². The SMILES string of the molecule is NCCCn1cc(-c2ccsc2)cn1. The Labute approximate surface area is 87.2 Å². The van der Waals surface area contributed by atoms with E-state index in [-0.39, 0.29) is 0 Å². The van der Waals surface area contributed by atoms with Gasteiger partial charge in [0.1, 0.15) is 0 Å². The lowest BCUT2D eigenvalue weighted by Crippen LogP contribution is -2.05. The Bertz CT molecular complexity index is 378. The van der Waals surface area contributed by atoms with Crippen LogP contribution in [0.1, 0.15) is 6.42 Å². The van der Waals surface area contributed by atoms with E-state index in [1.165, 1.54) is 11.1 Å². The predicted octanol–water partition coefficient (Wildman–Crippen LogP) is 1.96. The summed E-state index contributed by atoms with van der Waals surface area (Å²) in [6, 6.07) is 2.11. The van der Waals surface area contributed by atoms with Gasteiger partial charge < -0.3 is 5.73 Å². The van der Waals surface area contributed by atoms with Gasteiger partial charge in [-0.2, -0.15) is 16.4 Å². The summed E-state index contributed by atoms with van der Waals surface area (Å²) in [4.78, 5) is 0. The smallest absolute Gasteiger partial charge is 0.0568 e. The maximum Gasteiger partial charge on any atom is 0.0568 e. The van der Waals surface area contributed by atoms with Crippen molar-refractivity contribution in [3.05, 3.63) is 29.2 Å². The first-order valence-corrected chi connectivity index (χ1v) is 5.59. The fourth-order valence-electron chi connectivity index (χ4n) is 1.32. The molecule has 0 bridgehead atoms. The van der Waals surface area contributed by atoms with E-state index in [4.69, 9.17) is 5.73 Å². The van der Waals surface area contributed by atoms with Crippen LogP contribution >= 0.6 is 11.3 Å². The fourth-order valence-corrected chi connectivity index (χ4v) is 1.98. The molecule has 0 unspecified atom stereocenters. The molecular weight excluding hydrogens is 194 g/mol. The van der Waals surface area contributed by atoms with E-state index in [9.17, 15) is 0 Å². The van der Waals surface area contributed by atoms with Crippen LogP contribution in [0.2, 0.25) is 0 Å². The molecule has 2 heterocycles. The van der Waals surface area contributed by atoms with Crippen molar-refractivity contribution in [2.24, 2.45) is 5.73 Å². The molecule has 0 aromatic carbocycles. The first-order chi connectivity index (χ1) is 6.90. The van der Waals surface area contributed by atoms with E-state index >= 15 is 0 Å². The molecule has 0 aliphatic carbocycles. The molecule has 0 radical (unpaired) electrons. The highest BCUT2D eigenvalue weighted by Crippen LogP contribution is 2.20. The average molecular weight is 207 g/mol. The second kappa shape index (κ2) is 4.39. The minimum Gasteiger partial charge on any atom is -0.330 e. The average Bonchev–Trinajstić information content (AvgIpc) is 2.85. The van der Waals surface area contributed by atoms with Crippen LogP contribution in [-0.2, 0) is 6.54 Å². The van der Waals surface area contributed by atoms with Crippen LogP contribution in [-0.4, -0.2) is 16.3 Å². The number of hydrogen-bond acceptors (Lipinski definition) is 3. The molecule has 14 heavy (non-hydrogen) atoms. The van der Waals surface area contributed by atoms with E-state index in [2.05, 4.69) is 28.1 Å². The van der Waals surface area contributed by atoms with Gasteiger partial charge in [0, 0.05) is 18.3 Å². The topological polar surface area (TPSA) is 43.8 Å². The van der Waals surface area contributed by atoms with Crippen LogP contribution in [0.4, 0.5) is 0 Å². The van der Waals surface area contributed by atoms with Crippen molar-refractivity contribution in [1.29, 1.82) is 0 Å². The van der Waals surface area contributed by atoms with E-state index in [0.29, 0.717) is 6.54 Å². The summed E-state index contributed by atoms with van der Waals surface area (Å²) < 4.78 is 1.94. The molecule has 2 N–H and O–H groups in total. The lowest BCUT2D eigenvalue weighted by atomic mass is 10.2. The summed E-state index contributed by atoms with van der Waals surface area (Å²) in [7, 11) is 0. The molecule has 4 heteroatoms. The summed E-state index contributed by atoms with van der Waals surface area (Å²) in [6.07, 6.45) is 4.95. The summed E-state index contributed by atoms with van der Waals surface area (Å²) in [5.41, 5.74) is 7.87. The van der Waals surface area contributed by atoms with Gasteiger partial charge in [0.2, 0.25) is 0 Å². The van der Waals surface area contributed by atoms with Gasteiger partial charge in [0.25, 0.3) is 0 Å². The standard InChI is InChI=1S/C10H13N3S/c11-3-1-4-13-7-10(6-12-13)9-2-5-14-8-9/h2,5-8H,1,3-4,11H2. The third-order valence-corrected chi connectivity index (χ3v) is 2.76. The maximum atomic E-state index is 5.44. The quantitative estimate of drug-likeness (QED) is 0.833. The highest BCUT2D eigenvalue weighted by molar-refractivity contribution is 7.08. The number of thiophene rings is 1. The Balaban J connectivity index is 2.10. The molecular formula is C10H13N3S. The molecule has 2 aromatic rings. The summed E-state index contributed by atoms with van der Waals surface area (Å²) in [6.45, 7) is 1.62. The van der Waals surface area contributed by atoms with Crippen molar-refractivity contribution in [3.8, 4) is 11.1 Å². The van der Waals surface area contributed by atoms with E-state index in [1.807, 2.05) is 10.9 Å². The first-order valence-electron chi connectivity index (χ1n) is 4.65. The highest BCUT2D eigenvalue weighted by Gasteiger charge is 2.00. The lowest BCUT2D eigenvalue weighted by molar-refractivity contribution is 0.585. The van der Waals surface area contributed by atoms with Crippen molar-refractivity contribution in [2.45, 2.75) is 13.0 Å². The van der Waals surface area contributed by atoms with Crippen molar-refractivity contribution in [2.75, 3.05) is 6.54 Å². The second-order valence-corrected chi connectivity index (χ2v) is 3.93. The molecule has 0 aliphatic rings. The van der Waals surface area contributed by atoms with Crippen LogP contribution in [0, 0.1) is 0 Å². The Morgan fingerprint density at radius 2 is 2.36 bits per heavy atom. The molecule has 0 fully saturated rings. The predicted molar refractivity (Wildman–Crippen MR) is 59.2 cm³/mol. The Hall–Kier alpha value is -1.13. The molecule has 0 atom stereocenters. The second-order valence-electron chi connectivity index (χ2n) is 3.15. The van der Waals surface area contributed by atoms with Gasteiger partial charge >= 0.3 is 0 Å². The minimum atomic E-state index is 0.716. The highest BCUT2D eigenvalue weighted by atomic mass is 32.1. The Kier molecular flexibility index (Phi) is 2.96. The Morgan fingerprint density at radius 1 is 1.43 bits per heavy atom. The van der Waals surface area contributed by atoms with Gasteiger partial charge in [0.15, 0.2) is 0 Å². The number of nitrogens with zero attached hydrogens (tertiary/aromatic N) is 2. The number of rotatable bonds is 4. The largest absolute Gasteiger partial charge is 0.330 e. The summed E-state index contributed by atoms with van der Waals surface area (Å²) >= 11 is 1.70. The van der Waals surface area contributed by atoms with Gasteiger partial charge in [-0.3, -0.25) is 4.68 Å². The first kappa shape index (κ1) is 9.43. The fraction of sp³-hybridized carbons (Fsp3) is 0.300. The van der Waals surface area contributed by atoms with Gasteiger partial charge in [-0.25, -0.2) is 0 Å². The lowest BCUT2D eigenvalue weighted by Gasteiger charge is -1.97. The van der Waals surface area contributed by atoms with E-state index < -0.39 is 0 Å². The minimum absolute atomic E-state index is 0.716. The molecule has 0 saturated carbocycles. The number of aromatic nitrogens is 2. The van der Waals surface area contributed by atoms with Crippen LogP contribution < -0.4 is 5.73 Å². The molecule has 0 spiro atoms. The van der Waals surface area contributed by atoms with Crippen molar-refractivity contribution < 1.29 is 0 Å². The molecule has 74 valence electrons. The third kappa shape index (κ3) is 2.02. The number of hydrogen-bond donors (Lipinski definition) is 1. The monoisotopic (exact) mass is 207 g/mol. The van der Waals surface area contributed by atoms with Crippen molar-refractivity contribution >= 4 is 11.3 Å². The zero-order valence-corrected chi connectivity index (χ0v) is 8.70. The van der Waals surface area contributed by atoms with Crippen LogP contribution in [0.3, 0.4) is 0 Å². The molecule has 0 saturated heterocycles. The maximum absolute atomic E-state index is 5.44. The van der Waals surface area contributed by atoms with Gasteiger partial charge in [-0.05, 0) is 35.4 Å².